The highest BCUT2D eigenvalue weighted by Gasteiger charge is 2.49. The summed E-state index contributed by atoms with van der Waals surface area (Å²) in [6, 6.07) is 0. The van der Waals surface area contributed by atoms with E-state index >= 15 is 0 Å². The van der Waals surface area contributed by atoms with Crippen LogP contribution in [0.1, 0.15) is 32.1 Å². The average Bonchev–Trinajstić information content (AvgIpc) is 2.11. The summed E-state index contributed by atoms with van der Waals surface area (Å²) in [5.41, 5.74) is 0. The van der Waals surface area contributed by atoms with E-state index in [0.29, 0.717) is 0 Å². The summed E-state index contributed by atoms with van der Waals surface area (Å²) >= 11 is 0. The van der Waals surface area contributed by atoms with E-state index < -0.39 is 25.7 Å². The summed E-state index contributed by atoms with van der Waals surface area (Å²) in [4.78, 5) is 10.8. The lowest BCUT2D eigenvalue weighted by molar-refractivity contribution is 0.0189. The molecule has 4 nitrogen and oxygen atoms in total. The van der Waals surface area contributed by atoms with E-state index in [-0.39, 0.29) is 6.10 Å². The predicted molar refractivity (Wildman–Crippen MR) is 84.8 cm³/mol. The minimum absolute atomic E-state index is 0.109. The van der Waals surface area contributed by atoms with Crippen LogP contribution in [0.2, 0.25) is 39.3 Å². The van der Waals surface area contributed by atoms with E-state index in [9.17, 15) is 4.80 Å². The third-order valence-corrected chi connectivity index (χ3v) is 10.3. The molecule has 1 aliphatic carbocycles. The standard InChI is InChI=1S/C12H30O4Si3/c1-17(2,3)15-19(13,16-18(4,5)6)14-12-10-8-7-9-11-12/h12-13H,7-11H2,1-6H3. The molecule has 0 atom stereocenters. The second-order valence-electron chi connectivity index (χ2n) is 7.33. The Kier molecular flexibility index (Phi) is 6.01. The fourth-order valence-corrected chi connectivity index (χ4v) is 10.0. The molecule has 0 saturated heterocycles. The smallest absolute Gasteiger partial charge is 0.395 e. The van der Waals surface area contributed by atoms with E-state index in [1.807, 2.05) is 0 Å². The average molecular weight is 323 g/mol. The lowest BCUT2D eigenvalue weighted by Crippen LogP contribution is -2.58. The van der Waals surface area contributed by atoms with Gasteiger partial charge in [0.15, 0.2) is 16.6 Å². The van der Waals surface area contributed by atoms with E-state index in [0.717, 1.165) is 12.8 Å². The predicted octanol–water partition coefficient (Wildman–Crippen LogP) is 3.47. The Balaban J connectivity index is 2.72. The third-order valence-electron chi connectivity index (χ3n) is 2.74. The molecular formula is C12H30O4Si3. The molecule has 0 aromatic rings. The zero-order chi connectivity index (χ0) is 14.7. The molecule has 114 valence electrons. The van der Waals surface area contributed by atoms with Crippen molar-refractivity contribution in [3.8, 4) is 0 Å². The lowest BCUT2D eigenvalue weighted by atomic mass is 9.98. The van der Waals surface area contributed by atoms with Gasteiger partial charge >= 0.3 is 9.05 Å². The number of hydrogen-bond donors (Lipinski definition) is 1. The molecule has 0 aromatic heterocycles. The maximum absolute atomic E-state index is 10.8. The Labute approximate surface area is 121 Å². The van der Waals surface area contributed by atoms with Crippen LogP contribution in [0.5, 0.6) is 0 Å². The van der Waals surface area contributed by atoms with Crippen molar-refractivity contribution in [3.05, 3.63) is 0 Å². The summed E-state index contributed by atoms with van der Waals surface area (Å²) in [6.07, 6.45) is 5.75. The first-order chi connectivity index (χ1) is 8.49. The van der Waals surface area contributed by atoms with Gasteiger partial charge in [-0.25, -0.2) is 0 Å². The molecule has 0 amide bonds. The van der Waals surface area contributed by atoms with Gasteiger partial charge < -0.3 is 17.5 Å². The highest BCUT2D eigenvalue weighted by Crippen LogP contribution is 2.27. The van der Waals surface area contributed by atoms with Crippen LogP contribution in [0.15, 0.2) is 0 Å². The lowest BCUT2D eigenvalue weighted by Gasteiger charge is -2.37. The molecule has 1 saturated carbocycles. The number of hydrogen-bond acceptors (Lipinski definition) is 4. The first-order valence-corrected chi connectivity index (χ1v) is 15.8. The monoisotopic (exact) mass is 322 g/mol. The first kappa shape index (κ1) is 17.5. The zero-order valence-electron chi connectivity index (χ0n) is 13.3. The van der Waals surface area contributed by atoms with Gasteiger partial charge in [-0.15, -0.1) is 0 Å². The van der Waals surface area contributed by atoms with Crippen LogP contribution in [0.3, 0.4) is 0 Å². The van der Waals surface area contributed by atoms with E-state index in [4.69, 9.17) is 12.7 Å². The summed E-state index contributed by atoms with van der Waals surface area (Å²) < 4.78 is 17.8. The molecular weight excluding hydrogens is 292 g/mol. The van der Waals surface area contributed by atoms with Crippen LogP contribution < -0.4 is 0 Å². The van der Waals surface area contributed by atoms with Crippen molar-refractivity contribution in [1.29, 1.82) is 0 Å². The van der Waals surface area contributed by atoms with Crippen molar-refractivity contribution < 1.29 is 17.5 Å². The Morgan fingerprint density at radius 3 is 1.58 bits per heavy atom. The van der Waals surface area contributed by atoms with Crippen LogP contribution in [0.25, 0.3) is 0 Å². The molecule has 7 heteroatoms. The summed E-state index contributed by atoms with van der Waals surface area (Å²) in [5, 5.41) is 0. The maximum Gasteiger partial charge on any atom is 0.655 e. The molecule has 0 heterocycles. The molecule has 19 heavy (non-hydrogen) atoms. The quantitative estimate of drug-likeness (QED) is 0.761. The van der Waals surface area contributed by atoms with Crippen LogP contribution in [0.4, 0.5) is 0 Å². The minimum atomic E-state index is -3.48. The van der Waals surface area contributed by atoms with Gasteiger partial charge in [-0.05, 0) is 52.1 Å². The second-order valence-corrected chi connectivity index (χ2v) is 18.7. The van der Waals surface area contributed by atoms with E-state index in [2.05, 4.69) is 39.3 Å². The van der Waals surface area contributed by atoms with Crippen LogP contribution in [-0.4, -0.2) is 36.6 Å². The Bertz CT molecular complexity index is 264. The van der Waals surface area contributed by atoms with Gasteiger partial charge in [-0.1, -0.05) is 19.3 Å². The fourth-order valence-electron chi connectivity index (χ4n) is 2.24. The zero-order valence-corrected chi connectivity index (χ0v) is 16.3. The van der Waals surface area contributed by atoms with Crippen LogP contribution in [-0.2, 0) is 12.7 Å². The van der Waals surface area contributed by atoms with Crippen LogP contribution >= 0.6 is 0 Å². The molecule has 0 aromatic carbocycles. The van der Waals surface area contributed by atoms with Crippen molar-refractivity contribution in [3.63, 3.8) is 0 Å². The van der Waals surface area contributed by atoms with Crippen molar-refractivity contribution >= 4 is 25.7 Å². The molecule has 0 bridgehead atoms. The number of rotatable bonds is 6. The SMILES string of the molecule is C[Si](C)(C)O[Si](O)(OC1CCCCC1)O[Si](C)(C)C. The maximum atomic E-state index is 10.8. The summed E-state index contributed by atoms with van der Waals surface area (Å²) in [6.45, 7) is 12.3. The van der Waals surface area contributed by atoms with Crippen LogP contribution in [0, 0.1) is 0 Å². The Hall–Kier alpha value is 0.491. The fraction of sp³-hybridized carbons (Fsp3) is 1.00. The van der Waals surface area contributed by atoms with Gasteiger partial charge in [-0.2, -0.15) is 0 Å². The molecule has 1 N–H and O–H groups in total. The van der Waals surface area contributed by atoms with Crippen molar-refractivity contribution in [2.75, 3.05) is 0 Å². The molecule has 1 aliphatic rings. The molecule has 1 rings (SSSR count). The van der Waals surface area contributed by atoms with Gasteiger partial charge in [-0.3, -0.25) is 0 Å². The van der Waals surface area contributed by atoms with E-state index in [1.165, 1.54) is 19.3 Å². The van der Waals surface area contributed by atoms with Gasteiger partial charge in [0.05, 0.1) is 6.10 Å². The van der Waals surface area contributed by atoms with Crippen molar-refractivity contribution in [1.82, 2.24) is 0 Å². The van der Waals surface area contributed by atoms with E-state index in [1.54, 1.807) is 0 Å². The third kappa shape index (κ3) is 7.74. The van der Waals surface area contributed by atoms with Gasteiger partial charge in [0.2, 0.25) is 0 Å². The topological polar surface area (TPSA) is 47.9 Å². The summed E-state index contributed by atoms with van der Waals surface area (Å²) in [7, 11) is -7.27. The largest absolute Gasteiger partial charge is 0.655 e. The highest BCUT2D eigenvalue weighted by atomic mass is 28.5. The summed E-state index contributed by atoms with van der Waals surface area (Å²) in [5.74, 6) is 0. The second kappa shape index (κ2) is 6.50. The Morgan fingerprint density at radius 2 is 1.21 bits per heavy atom. The van der Waals surface area contributed by atoms with Gasteiger partial charge in [0, 0.05) is 0 Å². The highest BCUT2D eigenvalue weighted by molar-refractivity contribution is 6.83. The minimum Gasteiger partial charge on any atom is -0.395 e. The van der Waals surface area contributed by atoms with Crippen molar-refractivity contribution in [2.24, 2.45) is 0 Å². The first-order valence-electron chi connectivity index (χ1n) is 7.30. The normalized spacial score (nSPS) is 19.7. The molecule has 0 radical (unpaired) electrons. The van der Waals surface area contributed by atoms with Gasteiger partial charge in [0.25, 0.3) is 0 Å². The molecule has 0 unspecified atom stereocenters. The Morgan fingerprint density at radius 1 is 0.789 bits per heavy atom. The van der Waals surface area contributed by atoms with Gasteiger partial charge in [0.1, 0.15) is 0 Å². The molecule has 0 spiro atoms. The molecule has 1 fully saturated rings. The molecule has 0 aliphatic heterocycles. The van der Waals surface area contributed by atoms with Crippen molar-refractivity contribution in [2.45, 2.75) is 77.5 Å².